The second-order valence-corrected chi connectivity index (χ2v) is 5.35. The molecule has 0 bridgehead atoms. The van der Waals surface area contributed by atoms with Gasteiger partial charge in [0.2, 0.25) is 0 Å². The Kier molecular flexibility index (Phi) is 3.54. The first-order chi connectivity index (χ1) is 8.06. The number of thiazole rings is 1. The molecule has 2 rings (SSSR count). The molecule has 17 heavy (non-hydrogen) atoms. The lowest BCUT2D eigenvalue weighted by atomic mass is 10.0. The Labute approximate surface area is 104 Å². The minimum absolute atomic E-state index is 0.0633. The molecule has 2 nitrogen and oxygen atoms in total. The summed E-state index contributed by atoms with van der Waals surface area (Å²) < 4.78 is 12.8. The van der Waals surface area contributed by atoms with Crippen LogP contribution in [0.4, 0.5) is 4.39 Å². The molecular weight excluding hydrogens is 235 g/mol. The second kappa shape index (κ2) is 4.94. The lowest BCUT2D eigenvalue weighted by Gasteiger charge is -2.10. The van der Waals surface area contributed by atoms with Gasteiger partial charge < -0.3 is 5.73 Å². The zero-order valence-corrected chi connectivity index (χ0v) is 10.7. The van der Waals surface area contributed by atoms with E-state index in [0.29, 0.717) is 6.42 Å². The maximum absolute atomic E-state index is 12.8. The van der Waals surface area contributed by atoms with Crippen molar-refractivity contribution in [3.8, 4) is 0 Å². The van der Waals surface area contributed by atoms with Gasteiger partial charge in [-0.2, -0.15) is 0 Å². The minimum Gasteiger partial charge on any atom is -0.323 e. The molecule has 1 unspecified atom stereocenters. The van der Waals surface area contributed by atoms with E-state index in [1.54, 1.807) is 23.5 Å². The van der Waals surface area contributed by atoms with Gasteiger partial charge >= 0.3 is 0 Å². The Morgan fingerprint density at radius 2 is 1.94 bits per heavy atom. The van der Waals surface area contributed by atoms with Gasteiger partial charge in [-0.15, -0.1) is 11.3 Å². The van der Waals surface area contributed by atoms with Gasteiger partial charge in [0, 0.05) is 10.9 Å². The van der Waals surface area contributed by atoms with Gasteiger partial charge in [-0.25, -0.2) is 9.37 Å². The Balaban J connectivity index is 2.14. The molecule has 0 aliphatic rings. The highest BCUT2D eigenvalue weighted by Gasteiger charge is 2.13. The van der Waals surface area contributed by atoms with Crippen LogP contribution in [0.25, 0.3) is 0 Å². The molecule has 1 atom stereocenters. The van der Waals surface area contributed by atoms with Crippen molar-refractivity contribution in [2.45, 2.75) is 26.3 Å². The summed E-state index contributed by atoms with van der Waals surface area (Å²) in [6, 6.07) is 6.42. The first-order valence-corrected chi connectivity index (χ1v) is 6.32. The molecule has 0 fully saturated rings. The van der Waals surface area contributed by atoms with Gasteiger partial charge in [0.05, 0.1) is 10.7 Å². The van der Waals surface area contributed by atoms with E-state index in [1.165, 1.54) is 12.1 Å². The third-order valence-electron chi connectivity index (χ3n) is 2.65. The van der Waals surface area contributed by atoms with Crippen molar-refractivity contribution in [3.63, 3.8) is 0 Å². The maximum atomic E-state index is 12.8. The average Bonchev–Trinajstić information content (AvgIpc) is 2.61. The van der Waals surface area contributed by atoms with E-state index in [0.717, 1.165) is 21.1 Å². The highest BCUT2D eigenvalue weighted by molar-refractivity contribution is 7.11. The van der Waals surface area contributed by atoms with Crippen molar-refractivity contribution >= 4 is 11.3 Å². The highest BCUT2D eigenvalue weighted by Crippen LogP contribution is 2.25. The van der Waals surface area contributed by atoms with Gasteiger partial charge in [-0.3, -0.25) is 0 Å². The Morgan fingerprint density at radius 3 is 2.47 bits per heavy atom. The summed E-state index contributed by atoms with van der Waals surface area (Å²) >= 11 is 1.63. The van der Waals surface area contributed by atoms with Gasteiger partial charge in [0.25, 0.3) is 0 Å². The maximum Gasteiger partial charge on any atom is 0.123 e. The van der Waals surface area contributed by atoms with E-state index >= 15 is 0 Å². The van der Waals surface area contributed by atoms with Crippen LogP contribution in [0.5, 0.6) is 0 Å². The van der Waals surface area contributed by atoms with Crippen molar-refractivity contribution in [1.29, 1.82) is 0 Å². The fourth-order valence-electron chi connectivity index (χ4n) is 1.86. The predicted molar refractivity (Wildman–Crippen MR) is 68.6 cm³/mol. The molecule has 1 aromatic carbocycles. The third-order valence-corrected chi connectivity index (χ3v) is 3.85. The lowest BCUT2D eigenvalue weighted by Crippen LogP contribution is -2.13. The smallest absolute Gasteiger partial charge is 0.123 e. The van der Waals surface area contributed by atoms with E-state index in [1.807, 2.05) is 13.8 Å². The van der Waals surface area contributed by atoms with E-state index in [4.69, 9.17) is 5.73 Å². The van der Waals surface area contributed by atoms with Crippen LogP contribution in [-0.4, -0.2) is 4.98 Å². The molecule has 0 aliphatic carbocycles. The summed E-state index contributed by atoms with van der Waals surface area (Å²) in [4.78, 5) is 5.48. The number of nitrogens with zero attached hydrogens (tertiary/aromatic N) is 1. The zero-order valence-electron chi connectivity index (χ0n) is 9.90. The molecule has 2 N–H and O–H groups in total. The van der Waals surface area contributed by atoms with Crippen LogP contribution in [0, 0.1) is 19.7 Å². The van der Waals surface area contributed by atoms with Crippen LogP contribution in [0.1, 0.15) is 27.2 Å². The van der Waals surface area contributed by atoms with Gasteiger partial charge in [0.15, 0.2) is 0 Å². The van der Waals surface area contributed by atoms with E-state index in [9.17, 15) is 4.39 Å². The fraction of sp³-hybridized carbons (Fsp3) is 0.308. The third kappa shape index (κ3) is 2.90. The Morgan fingerprint density at radius 1 is 1.29 bits per heavy atom. The summed E-state index contributed by atoms with van der Waals surface area (Å²) in [6.45, 7) is 3.95. The number of hydrogen-bond donors (Lipinski definition) is 1. The first-order valence-electron chi connectivity index (χ1n) is 5.50. The monoisotopic (exact) mass is 250 g/mol. The molecule has 2 aromatic rings. The van der Waals surface area contributed by atoms with Gasteiger partial charge in [-0.1, -0.05) is 12.1 Å². The van der Waals surface area contributed by atoms with Crippen LogP contribution in [0.2, 0.25) is 0 Å². The standard InChI is InChI=1S/C13H15FN2S/c1-8-13(17-9(2)16-8)12(15)7-10-3-5-11(14)6-4-10/h3-6,12H,7,15H2,1-2H3. The Hall–Kier alpha value is -1.26. The van der Waals surface area contributed by atoms with Crippen LogP contribution in [0.15, 0.2) is 24.3 Å². The molecule has 0 radical (unpaired) electrons. The van der Waals surface area contributed by atoms with Crippen molar-refractivity contribution in [1.82, 2.24) is 4.98 Å². The van der Waals surface area contributed by atoms with Crippen LogP contribution < -0.4 is 5.73 Å². The van der Waals surface area contributed by atoms with Crippen molar-refractivity contribution in [2.75, 3.05) is 0 Å². The molecule has 4 heteroatoms. The summed E-state index contributed by atoms with van der Waals surface area (Å²) in [6.07, 6.45) is 0.711. The second-order valence-electron chi connectivity index (χ2n) is 4.12. The predicted octanol–water partition coefficient (Wildman–Crippen LogP) is 3.14. The number of benzene rings is 1. The number of aromatic nitrogens is 1. The number of aryl methyl sites for hydroxylation is 2. The molecule has 0 amide bonds. The summed E-state index contributed by atoms with van der Waals surface area (Å²) in [5.74, 6) is -0.216. The molecule has 0 saturated heterocycles. The average molecular weight is 250 g/mol. The molecule has 1 aromatic heterocycles. The Bertz CT molecular complexity index is 505. The quantitative estimate of drug-likeness (QED) is 0.909. The van der Waals surface area contributed by atoms with E-state index < -0.39 is 0 Å². The van der Waals surface area contributed by atoms with E-state index in [-0.39, 0.29) is 11.9 Å². The number of nitrogens with two attached hydrogens (primary N) is 1. The summed E-state index contributed by atoms with van der Waals surface area (Å²) in [5, 5.41) is 1.03. The highest BCUT2D eigenvalue weighted by atomic mass is 32.1. The summed E-state index contributed by atoms with van der Waals surface area (Å²) in [7, 11) is 0. The topological polar surface area (TPSA) is 38.9 Å². The van der Waals surface area contributed by atoms with Crippen molar-refractivity contribution in [2.24, 2.45) is 5.73 Å². The van der Waals surface area contributed by atoms with Crippen LogP contribution in [0.3, 0.4) is 0 Å². The summed E-state index contributed by atoms with van der Waals surface area (Å²) in [5.41, 5.74) is 8.20. The lowest BCUT2D eigenvalue weighted by molar-refractivity contribution is 0.625. The number of hydrogen-bond acceptors (Lipinski definition) is 3. The fourth-order valence-corrected chi connectivity index (χ4v) is 2.79. The molecule has 0 saturated carbocycles. The van der Waals surface area contributed by atoms with Crippen LogP contribution in [-0.2, 0) is 6.42 Å². The minimum atomic E-state index is -0.216. The normalized spacial score (nSPS) is 12.7. The van der Waals surface area contributed by atoms with Gasteiger partial charge in [-0.05, 0) is 38.0 Å². The zero-order chi connectivity index (χ0) is 12.4. The molecule has 0 spiro atoms. The van der Waals surface area contributed by atoms with E-state index in [2.05, 4.69) is 4.98 Å². The number of halogens is 1. The SMILES string of the molecule is Cc1nc(C)c(C(N)Cc2ccc(F)cc2)s1. The molecule has 90 valence electrons. The first kappa shape index (κ1) is 12.2. The molecule has 0 aliphatic heterocycles. The largest absolute Gasteiger partial charge is 0.323 e. The van der Waals surface area contributed by atoms with Crippen LogP contribution >= 0.6 is 11.3 Å². The van der Waals surface area contributed by atoms with Crippen molar-refractivity contribution in [3.05, 3.63) is 51.2 Å². The molecular formula is C13H15FN2S. The van der Waals surface area contributed by atoms with Gasteiger partial charge in [0.1, 0.15) is 5.82 Å². The molecule has 1 heterocycles. The number of rotatable bonds is 3. The van der Waals surface area contributed by atoms with Crippen molar-refractivity contribution < 1.29 is 4.39 Å².